The highest BCUT2D eigenvalue weighted by atomic mass is 16.5. The maximum absolute atomic E-state index is 11.5. The Labute approximate surface area is 83.4 Å². The van der Waals surface area contributed by atoms with E-state index in [2.05, 4.69) is 5.32 Å². The first kappa shape index (κ1) is 11.0. The first-order valence-electron chi connectivity index (χ1n) is 4.69. The van der Waals surface area contributed by atoms with Crippen LogP contribution in [0.25, 0.3) is 0 Å². The van der Waals surface area contributed by atoms with Crippen molar-refractivity contribution in [1.82, 2.24) is 10.2 Å². The molecule has 2 amide bonds. The number of ether oxygens (including phenoxy) is 1. The Morgan fingerprint density at radius 2 is 2.29 bits per heavy atom. The highest BCUT2D eigenvalue weighted by molar-refractivity contribution is 5.83. The van der Waals surface area contributed by atoms with Gasteiger partial charge in [-0.05, 0) is 6.42 Å². The molecule has 1 aliphatic rings. The molecule has 1 atom stereocenters. The van der Waals surface area contributed by atoms with E-state index in [1.54, 1.807) is 11.9 Å². The van der Waals surface area contributed by atoms with Crippen molar-refractivity contribution >= 4 is 11.8 Å². The van der Waals surface area contributed by atoms with Crippen LogP contribution in [0.5, 0.6) is 0 Å². The summed E-state index contributed by atoms with van der Waals surface area (Å²) in [6.07, 6.45) is 0.877. The highest BCUT2D eigenvalue weighted by Gasteiger charge is 2.23. The van der Waals surface area contributed by atoms with Crippen molar-refractivity contribution in [1.29, 1.82) is 0 Å². The average molecular weight is 200 g/mol. The quantitative estimate of drug-likeness (QED) is 0.660. The molecule has 1 fully saturated rings. The van der Waals surface area contributed by atoms with Gasteiger partial charge in [-0.25, -0.2) is 0 Å². The maximum Gasteiger partial charge on any atom is 0.242 e. The van der Waals surface area contributed by atoms with Gasteiger partial charge in [0.25, 0.3) is 0 Å². The second kappa shape index (κ2) is 4.95. The maximum atomic E-state index is 11.5. The van der Waals surface area contributed by atoms with Gasteiger partial charge in [-0.2, -0.15) is 0 Å². The van der Waals surface area contributed by atoms with Gasteiger partial charge in [0.2, 0.25) is 11.8 Å². The van der Waals surface area contributed by atoms with Gasteiger partial charge in [-0.15, -0.1) is 0 Å². The molecule has 0 saturated carbocycles. The van der Waals surface area contributed by atoms with E-state index in [0.717, 1.165) is 6.42 Å². The minimum Gasteiger partial charge on any atom is -0.379 e. The monoisotopic (exact) mass is 200 g/mol. The molecule has 80 valence electrons. The Kier molecular flexibility index (Phi) is 3.88. The highest BCUT2D eigenvalue weighted by Crippen LogP contribution is 2.10. The molecule has 5 heteroatoms. The SMILES string of the molecule is CC(=O)NCC(=O)N(C)C1CCOC1. The Bertz CT molecular complexity index is 224. The average Bonchev–Trinajstić information content (AvgIpc) is 2.65. The number of carbonyl (C=O) groups is 2. The summed E-state index contributed by atoms with van der Waals surface area (Å²) in [5.74, 6) is -0.259. The molecular weight excluding hydrogens is 184 g/mol. The topological polar surface area (TPSA) is 58.6 Å². The Hall–Kier alpha value is -1.10. The van der Waals surface area contributed by atoms with Gasteiger partial charge in [-0.1, -0.05) is 0 Å². The van der Waals surface area contributed by atoms with Crippen LogP contribution in [0.4, 0.5) is 0 Å². The third-order valence-corrected chi connectivity index (χ3v) is 2.34. The molecule has 1 saturated heterocycles. The summed E-state index contributed by atoms with van der Waals surface area (Å²) in [5.41, 5.74) is 0. The lowest BCUT2D eigenvalue weighted by Crippen LogP contribution is -2.43. The number of likely N-dealkylation sites (N-methyl/N-ethyl adjacent to an activating group) is 1. The summed E-state index contributed by atoms with van der Waals surface area (Å²) in [6.45, 7) is 2.78. The van der Waals surface area contributed by atoms with Crippen molar-refractivity contribution in [3.8, 4) is 0 Å². The smallest absolute Gasteiger partial charge is 0.242 e. The molecule has 5 nitrogen and oxygen atoms in total. The minimum absolute atomic E-state index is 0.0718. The molecule has 0 aromatic rings. The summed E-state index contributed by atoms with van der Waals surface area (Å²) >= 11 is 0. The summed E-state index contributed by atoms with van der Waals surface area (Å²) in [7, 11) is 1.74. The Balaban J connectivity index is 2.31. The molecular formula is C9H16N2O3. The lowest BCUT2D eigenvalue weighted by Gasteiger charge is -2.23. The summed E-state index contributed by atoms with van der Waals surface area (Å²) in [6, 6.07) is 0.163. The van der Waals surface area contributed by atoms with Crippen molar-refractivity contribution in [2.24, 2.45) is 0 Å². The molecule has 0 aromatic heterocycles. The van der Waals surface area contributed by atoms with Crippen LogP contribution in [0.3, 0.4) is 0 Å². The molecule has 0 aliphatic carbocycles. The first-order valence-corrected chi connectivity index (χ1v) is 4.69. The van der Waals surface area contributed by atoms with E-state index in [4.69, 9.17) is 4.74 Å². The van der Waals surface area contributed by atoms with Crippen LogP contribution in [0.15, 0.2) is 0 Å². The fraction of sp³-hybridized carbons (Fsp3) is 0.778. The second-order valence-corrected chi connectivity index (χ2v) is 3.43. The zero-order valence-electron chi connectivity index (χ0n) is 8.58. The molecule has 1 N–H and O–H groups in total. The zero-order valence-corrected chi connectivity index (χ0v) is 8.58. The van der Waals surface area contributed by atoms with Crippen LogP contribution in [-0.2, 0) is 14.3 Å². The standard InChI is InChI=1S/C9H16N2O3/c1-7(12)10-5-9(13)11(2)8-3-4-14-6-8/h8H,3-6H2,1-2H3,(H,10,12). The molecule has 0 aromatic carbocycles. The second-order valence-electron chi connectivity index (χ2n) is 3.43. The van der Waals surface area contributed by atoms with Crippen molar-refractivity contribution in [2.75, 3.05) is 26.8 Å². The number of carbonyl (C=O) groups excluding carboxylic acids is 2. The van der Waals surface area contributed by atoms with Crippen molar-refractivity contribution in [3.05, 3.63) is 0 Å². The van der Waals surface area contributed by atoms with Crippen LogP contribution in [0, 0.1) is 0 Å². The largest absolute Gasteiger partial charge is 0.379 e. The normalized spacial score (nSPS) is 20.6. The molecule has 1 heterocycles. The van der Waals surface area contributed by atoms with Gasteiger partial charge in [0, 0.05) is 20.6 Å². The van der Waals surface area contributed by atoms with E-state index in [1.807, 2.05) is 0 Å². The van der Waals surface area contributed by atoms with Crippen LogP contribution in [0.2, 0.25) is 0 Å². The van der Waals surface area contributed by atoms with Gasteiger partial charge >= 0.3 is 0 Å². The third kappa shape index (κ3) is 2.99. The minimum atomic E-state index is -0.186. The zero-order chi connectivity index (χ0) is 10.6. The van der Waals surface area contributed by atoms with Gasteiger partial charge in [-0.3, -0.25) is 9.59 Å². The van der Waals surface area contributed by atoms with E-state index in [9.17, 15) is 9.59 Å². The number of rotatable bonds is 3. The Morgan fingerprint density at radius 1 is 1.57 bits per heavy atom. The van der Waals surface area contributed by atoms with Crippen LogP contribution in [-0.4, -0.2) is 49.6 Å². The number of hydrogen-bond donors (Lipinski definition) is 1. The number of nitrogens with zero attached hydrogens (tertiary/aromatic N) is 1. The summed E-state index contributed by atoms with van der Waals surface area (Å²) in [5, 5.41) is 2.48. The van der Waals surface area contributed by atoms with Crippen LogP contribution < -0.4 is 5.32 Å². The fourth-order valence-electron chi connectivity index (χ4n) is 1.36. The number of nitrogens with one attached hydrogen (secondary N) is 1. The fourth-order valence-corrected chi connectivity index (χ4v) is 1.36. The molecule has 1 rings (SSSR count). The lowest BCUT2D eigenvalue weighted by molar-refractivity contribution is -0.133. The third-order valence-electron chi connectivity index (χ3n) is 2.34. The predicted molar refractivity (Wildman–Crippen MR) is 50.7 cm³/mol. The first-order chi connectivity index (χ1) is 6.61. The molecule has 14 heavy (non-hydrogen) atoms. The molecule has 0 radical (unpaired) electrons. The Morgan fingerprint density at radius 3 is 2.79 bits per heavy atom. The van der Waals surface area contributed by atoms with E-state index < -0.39 is 0 Å². The van der Waals surface area contributed by atoms with Gasteiger partial charge < -0.3 is 15.0 Å². The van der Waals surface area contributed by atoms with E-state index >= 15 is 0 Å². The molecule has 0 spiro atoms. The van der Waals surface area contributed by atoms with Gasteiger partial charge in [0.1, 0.15) is 0 Å². The van der Waals surface area contributed by atoms with Gasteiger partial charge in [0.15, 0.2) is 0 Å². The van der Waals surface area contributed by atoms with Crippen molar-refractivity contribution < 1.29 is 14.3 Å². The van der Waals surface area contributed by atoms with Crippen LogP contribution in [0.1, 0.15) is 13.3 Å². The van der Waals surface area contributed by atoms with Crippen LogP contribution >= 0.6 is 0 Å². The van der Waals surface area contributed by atoms with E-state index in [1.165, 1.54) is 6.92 Å². The van der Waals surface area contributed by atoms with Crippen molar-refractivity contribution in [3.63, 3.8) is 0 Å². The van der Waals surface area contributed by atoms with Crippen molar-refractivity contribution in [2.45, 2.75) is 19.4 Å². The summed E-state index contributed by atoms with van der Waals surface area (Å²) in [4.78, 5) is 23.7. The molecule has 1 aliphatic heterocycles. The number of hydrogen-bond acceptors (Lipinski definition) is 3. The number of amides is 2. The van der Waals surface area contributed by atoms with E-state index in [-0.39, 0.29) is 24.4 Å². The van der Waals surface area contributed by atoms with E-state index in [0.29, 0.717) is 13.2 Å². The van der Waals surface area contributed by atoms with Gasteiger partial charge in [0.05, 0.1) is 19.2 Å². The molecule has 1 unspecified atom stereocenters. The predicted octanol–water partition coefficient (Wildman–Crippen LogP) is -0.630. The summed E-state index contributed by atoms with van der Waals surface area (Å²) < 4.78 is 5.17. The lowest BCUT2D eigenvalue weighted by atomic mass is 10.2. The molecule has 0 bridgehead atoms.